The predicted molar refractivity (Wildman–Crippen MR) is 67.4 cm³/mol. The molecule has 3 N–H and O–H groups in total. The molecule has 3 aliphatic heterocycles. The van der Waals surface area contributed by atoms with Crippen LogP contribution in [0.15, 0.2) is 18.2 Å². The molecule has 0 radical (unpaired) electrons. The van der Waals surface area contributed by atoms with Crippen molar-refractivity contribution in [2.75, 3.05) is 30.7 Å². The lowest BCUT2D eigenvalue weighted by Gasteiger charge is -2.45. The number of nitrogens with two attached hydrogens (primary N) is 1. The fourth-order valence-electron chi connectivity index (χ4n) is 2.99. The van der Waals surface area contributed by atoms with Crippen LogP contribution in [0, 0.1) is 11.7 Å². The molecule has 1 atom stereocenters. The Kier molecular flexibility index (Phi) is 2.67. The third-order valence-corrected chi connectivity index (χ3v) is 4.05. The van der Waals surface area contributed by atoms with Crippen LogP contribution in [0.4, 0.5) is 15.8 Å². The fourth-order valence-corrected chi connectivity index (χ4v) is 2.99. The van der Waals surface area contributed by atoms with Crippen LogP contribution in [0.3, 0.4) is 0 Å². The molecule has 3 saturated heterocycles. The molecule has 2 bridgehead atoms. The molecule has 92 valence electrons. The Morgan fingerprint density at radius 3 is 2.71 bits per heavy atom. The zero-order valence-corrected chi connectivity index (χ0v) is 9.82. The molecular weight excluding hydrogens is 217 g/mol. The van der Waals surface area contributed by atoms with Crippen molar-refractivity contribution < 1.29 is 4.39 Å². The topological polar surface area (TPSA) is 41.3 Å². The normalized spacial score (nSPS) is 31.5. The van der Waals surface area contributed by atoms with E-state index in [4.69, 9.17) is 5.73 Å². The van der Waals surface area contributed by atoms with Crippen molar-refractivity contribution >= 4 is 11.4 Å². The van der Waals surface area contributed by atoms with Gasteiger partial charge in [0.15, 0.2) is 0 Å². The first-order valence-electron chi connectivity index (χ1n) is 6.27. The molecular formula is C13H18FN3. The molecule has 3 heterocycles. The van der Waals surface area contributed by atoms with E-state index >= 15 is 0 Å². The first kappa shape index (κ1) is 10.8. The van der Waals surface area contributed by atoms with Gasteiger partial charge in [-0.2, -0.15) is 0 Å². The molecule has 0 aromatic heterocycles. The number of hydrogen-bond acceptors (Lipinski definition) is 3. The van der Waals surface area contributed by atoms with Crippen LogP contribution < -0.4 is 11.1 Å². The number of halogens is 1. The Morgan fingerprint density at radius 1 is 1.29 bits per heavy atom. The van der Waals surface area contributed by atoms with Crippen LogP contribution in [-0.4, -0.2) is 30.6 Å². The van der Waals surface area contributed by atoms with Crippen LogP contribution >= 0.6 is 0 Å². The first-order chi connectivity index (χ1) is 8.24. The molecule has 3 fully saturated rings. The molecule has 3 nitrogen and oxygen atoms in total. The molecule has 0 spiro atoms. The van der Waals surface area contributed by atoms with Gasteiger partial charge in [0.05, 0.1) is 11.4 Å². The Labute approximate surface area is 101 Å². The maximum absolute atomic E-state index is 13.3. The van der Waals surface area contributed by atoms with Gasteiger partial charge < -0.3 is 16.0 Å². The third-order valence-electron chi connectivity index (χ3n) is 4.05. The summed E-state index contributed by atoms with van der Waals surface area (Å²) < 4.78 is 13.3. The Balaban J connectivity index is 1.76. The highest BCUT2D eigenvalue weighted by atomic mass is 19.1. The predicted octanol–water partition coefficient (Wildman–Crippen LogP) is 1.91. The van der Waals surface area contributed by atoms with Gasteiger partial charge in [-0.25, -0.2) is 4.39 Å². The van der Waals surface area contributed by atoms with Crippen molar-refractivity contribution in [2.24, 2.45) is 5.92 Å². The van der Waals surface area contributed by atoms with E-state index in [0.29, 0.717) is 12.0 Å². The zero-order chi connectivity index (χ0) is 11.8. The first-order valence-corrected chi connectivity index (χ1v) is 6.27. The summed E-state index contributed by atoms with van der Waals surface area (Å²) >= 11 is 0. The lowest BCUT2D eigenvalue weighted by Crippen LogP contribution is -2.53. The highest BCUT2D eigenvalue weighted by Crippen LogP contribution is 2.31. The number of nitrogens with one attached hydrogen (secondary N) is 1. The van der Waals surface area contributed by atoms with E-state index in [1.807, 2.05) is 6.07 Å². The van der Waals surface area contributed by atoms with Crippen molar-refractivity contribution in [3.05, 3.63) is 24.0 Å². The monoisotopic (exact) mass is 235 g/mol. The number of anilines is 2. The van der Waals surface area contributed by atoms with E-state index in [1.165, 1.54) is 32.0 Å². The lowest BCUT2D eigenvalue weighted by atomic mass is 9.84. The fraction of sp³-hybridized carbons (Fsp3) is 0.538. The average Bonchev–Trinajstić information content (AvgIpc) is 2.36. The minimum Gasteiger partial charge on any atom is -0.395 e. The van der Waals surface area contributed by atoms with E-state index in [-0.39, 0.29) is 11.5 Å². The van der Waals surface area contributed by atoms with E-state index in [1.54, 1.807) is 6.07 Å². The third kappa shape index (κ3) is 1.97. The number of rotatable bonds is 2. The van der Waals surface area contributed by atoms with Gasteiger partial charge in [0.25, 0.3) is 0 Å². The Morgan fingerprint density at radius 2 is 2.06 bits per heavy atom. The summed E-state index contributed by atoms with van der Waals surface area (Å²) in [6, 6.07) is 5.38. The smallest absolute Gasteiger partial charge is 0.148 e. The van der Waals surface area contributed by atoms with Crippen molar-refractivity contribution in [3.8, 4) is 0 Å². The van der Waals surface area contributed by atoms with E-state index in [9.17, 15) is 4.39 Å². The highest BCUT2D eigenvalue weighted by molar-refractivity contribution is 5.67. The van der Waals surface area contributed by atoms with Crippen LogP contribution in [0.25, 0.3) is 0 Å². The van der Waals surface area contributed by atoms with Gasteiger partial charge in [0.2, 0.25) is 0 Å². The van der Waals surface area contributed by atoms with Gasteiger partial charge in [0, 0.05) is 12.6 Å². The van der Waals surface area contributed by atoms with E-state index in [0.717, 1.165) is 12.2 Å². The van der Waals surface area contributed by atoms with Gasteiger partial charge in [-0.1, -0.05) is 6.07 Å². The maximum Gasteiger partial charge on any atom is 0.148 e. The van der Waals surface area contributed by atoms with Crippen molar-refractivity contribution in [3.63, 3.8) is 0 Å². The maximum atomic E-state index is 13.3. The van der Waals surface area contributed by atoms with Gasteiger partial charge in [0.1, 0.15) is 5.82 Å². The Hall–Kier alpha value is -1.29. The SMILES string of the molecule is Nc1c(F)cccc1NC1CN2CCC1CC2. The summed E-state index contributed by atoms with van der Waals surface area (Å²) in [5.41, 5.74) is 6.73. The molecule has 17 heavy (non-hydrogen) atoms. The summed E-state index contributed by atoms with van der Waals surface area (Å²) in [6.07, 6.45) is 2.49. The van der Waals surface area contributed by atoms with Crippen molar-refractivity contribution in [1.29, 1.82) is 0 Å². The van der Waals surface area contributed by atoms with E-state index in [2.05, 4.69) is 10.2 Å². The van der Waals surface area contributed by atoms with Crippen LogP contribution in [0.5, 0.6) is 0 Å². The average molecular weight is 235 g/mol. The van der Waals surface area contributed by atoms with Crippen LogP contribution in [-0.2, 0) is 0 Å². The van der Waals surface area contributed by atoms with E-state index < -0.39 is 0 Å². The van der Waals surface area contributed by atoms with Gasteiger partial charge in [-0.05, 0) is 44.0 Å². The molecule has 3 aliphatic rings. The quantitative estimate of drug-likeness (QED) is 0.769. The zero-order valence-electron chi connectivity index (χ0n) is 9.82. The minimum atomic E-state index is -0.337. The van der Waals surface area contributed by atoms with Gasteiger partial charge in [-0.3, -0.25) is 0 Å². The molecule has 1 unspecified atom stereocenters. The second kappa shape index (κ2) is 4.18. The number of para-hydroxylation sites is 1. The van der Waals surface area contributed by atoms with Gasteiger partial charge >= 0.3 is 0 Å². The van der Waals surface area contributed by atoms with Gasteiger partial charge in [-0.15, -0.1) is 0 Å². The summed E-state index contributed by atoms with van der Waals surface area (Å²) in [6.45, 7) is 3.48. The number of piperidine rings is 3. The Bertz CT molecular complexity index is 413. The molecule has 4 heteroatoms. The molecule has 1 aromatic rings. The van der Waals surface area contributed by atoms with Crippen molar-refractivity contribution in [1.82, 2.24) is 4.90 Å². The standard InChI is InChI=1S/C13H18FN3/c14-10-2-1-3-11(13(10)15)16-12-8-17-6-4-9(12)5-7-17/h1-3,9,12,16H,4-8,15H2. The molecule has 0 aliphatic carbocycles. The lowest BCUT2D eigenvalue weighted by molar-refractivity contribution is 0.0975. The number of nitrogens with zero attached hydrogens (tertiary/aromatic N) is 1. The summed E-state index contributed by atoms with van der Waals surface area (Å²) in [5, 5.41) is 3.41. The molecule has 4 rings (SSSR count). The molecule has 0 amide bonds. The summed E-state index contributed by atoms with van der Waals surface area (Å²) in [7, 11) is 0. The number of fused-ring (bicyclic) bond motifs is 3. The largest absolute Gasteiger partial charge is 0.395 e. The second-order valence-electron chi connectivity index (χ2n) is 5.09. The summed E-state index contributed by atoms with van der Waals surface area (Å²) in [5.74, 6) is 0.374. The second-order valence-corrected chi connectivity index (χ2v) is 5.09. The number of benzene rings is 1. The minimum absolute atomic E-state index is 0.240. The summed E-state index contributed by atoms with van der Waals surface area (Å²) in [4.78, 5) is 2.47. The van der Waals surface area contributed by atoms with Crippen LogP contribution in [0.1, 0.15) is 12.8 Å². The number of nitrogen functional groups attached to an aromatic ring is 1. The number of hydrogen-bond donors (Lipinski definition) is 2. The molecule has 1 aromatic carbocycles. The highest BCUT2D eigenvalue weighted by Gasteiger charge is 2.34. The van der Waals surface area contributed by atoms with Crippen LogP contribution in [0.2, 0.25) is 0 Å². The molecule has 0 saturated carbocycles. The van der Waals surface area contributed by atoms with Crippen molar-refractivity contribution in [2.45, 2.75) is 18.9 Å².